The van der Waals surface area contributed by atoms with Crippen LogP contribution in [-0.4, -0.2) is 25.2 Å². The average molecular weight is 355 g/mol. The molecule has 3 rings (SSSR count). The van der Waals surface area contributed by atoms with Crippen molar-refractivity contribution in [1.82, 2.24) is 10.6 Å². The third-order valence-corrected chi connectivity index (χ3v) is 4.04. The summed E-state index contributed by atoms with van der Waals surface area (Å²) in [6.07, 6.45) is 0. The Morgan fingerprint density at radius 1 is 1.04 bits per heavy atom. The van der Waals surface area contributed by atoms with Crippen LogP contribution in [0.2, 0.25) is 0 Å². The van der Waals surface area contributed by atoms with E-state index in [1.54, 1.807) is 48.5 Å². The molecule has 0 fully saturated rings. The number of carbonyl (C=O) groups excluding carboxylic acids is 1. The van der Waals surface area contributed by atoms with E-state index in [9.17, 15) is 14.9 Å². The zero-order chi connectivity index (χ0) is 18.7. The number of methoxy groups -OCH3 is 2. The van der Waals surface area contributed by atoms with Crippen LogP contribution in [0.15, 0.2) is 54.2 Å². The predicted octanol–water partition coefficient (Wildman–Crippen LogP) is 2.70. The quantitative estimate of drug-likeness (QED) is 0.634. The number of nitrogens with one attached hydrogen (secondary N) is 2. The zero-order valence-electron chi connectivity index (χ0n) is 14.2. The number of carbonyl (C=O) groups is 1. The Bertz CT molecular complexity index is 880. The summed E-state index contributed by atoms with van der Waals surface area (Å²) in [6, 6.07) is 12.2. The second-order valence-electron chi connectivity index (χ2n) is 5.53. The van der Waals surface area contributed by atoms with Crippen molar-refractivity contribution in [3.8, 4) is 11.5 Å². The Labute approximate surface area is 149 Å². The summed E-state index contributed by atoms with van der Waals surface area (Å²) in [5.41, 5.74) is 1.08. The van der Waals surface area contributed by atoms with Gasteiger partial charge in [0.15, 0.2) is 11.5 Å². The van der Waals surface area contributed by atoms with Crippen LogP contribution in [-0.2, 0) is 0 Å². The number of amides is 2. The van der Waals surface area contributed by atoms with Crippen LogP contribution in [0, 0.1) is 10.1 Å². The van der Waals surface area contributed by atoms with Gasteiger partial charge in [0.2, 0.25) is 0 Å². The van der Waals surface area contributed by atoms with Gasteiger partial charge in [-0.1, -0.05) is 36.4 Å². The summed E-state index contributed by atoms with van der Waals surface area (Å²) in [4.78, 5) is 23.5. The van der Waals surface area contributed by atoms with Crippen molar-refractivity contribution in [2.45, 2.75) is 6.04 Å². The van der Waals surface area contributed by atoms with Gasteiger partial charge in [-0.2, -0.15) is 0 Å². The molecule has 1 aliphatic rings. The van der Waals surface area contributed by atoms with Crippen molar-refractivity contribution < 1.29 is 19.2 Å². The lowest BCUT2D eigenvalue weighted by molar-refractivity contribution is -0.430. The lowest BCUT2D eigenvalue weighted by Gasteiger charge is -2.25. The first kappa shape index (κ1) is 17.3. The second kappa shape index (κ2) is 7.14. The van der Waals surface area contributed by atoms with Gasteiger partial charge in [-0.15, -0.1) is 0 Å². The molecule has 134 valence electrons. The van der Waals surface area contributed by atoms with E-state index >= 15 is 0 Å². The molecule has 0 bridgehead atoms. The van der Waals surface area contributed by atoms with E-state index in [-0.39, 0.29) is 11.4 Å². The van der Waals surface area contributed by atoms with Gasteiger partial charge in [-0.25, -0.2) is 4.79 Å². The summed E-state index contributed by atoms with van der Waals surface area (Å²) >= 11 is 0. The van der Waals surface area contributed by atoms with E-state index in [1.165, 1.54) is 14.2 Å². The molecule has 0 saturated carbocycles. The largest absolute Gasteiger partial charge is 0.493 e. The molecule has 0 spiro atoms. The maximum Gasteiger partial charge on any atom is 0.320 e. The lowest BCUT2D eigenvalue weighted by Crippen LogP contribution is -2.45. The van der Waals surface area contributed by atoms with Gasteiger partial charge in [0.05, 0.1) is 19.1 Å². The van der Waals surface area contributed by atoms with Crippen LogP contribution < -0.4 is 20.1 Å². The fourth-order valence-corrected chi connectivity index (χ4v) is 2.85. The van der Waals surface area contributed by atoms with Crippen LogP contribution in [0.5, 0.6) is 11.5 Å². The van der Waals surface area contributed by atoms with Crippen molar-refractivity contribution in [2.24, 2.45) is 0 Å². The highest BCUT2D eigenvalue weighted by Crippen LogP contribution is 2.35. The highest BCUT2D eigenvalue weighted by Gasteiger charge is 2.37. The van der Waals surface area contributed by atoms with Crippen molar-refractivity contribution >= 4 is 11.7 Å². The van der Waals surface area contributed by atoms with Gasteiger partial charge >= 0.3 is 6.03 Å². The van der Waals surface area contributed by atoms with Gasteiger partial charge in [0.1, 0.15) is 11.7 Å². The zero-order valence-corrected chi connectivity index (χ0v) is 14.2. The third kappa shape index (κ3) is 3.16. The Morgan fingerprint density at radius 3 is 2.35 bits per heavy atom. The van der Waals surface area contributed by atoms with Gasteiger partial charge in [-0.05, 0) is 17.7 Å². The molecule has 0 aliphatic carbocycles. The first-order chi connectivity index (χ1) is 12.5. The summed E-state index contributed by atoms with van der Waals surface area (Å²) in [5, 5.41) is 17.0. The average Bonchev–Trinajstić information content (AvgIpc) is 2.67. The normalized spacial score (nSPS) is 16.5. The second-order valence-corrected chi connectivity index (χ2v) is 5.53. The minimum atomic E-state index is -0.936. The molecular formula is C18H17N3O5. The number of urea groups is 1. The SMILES string of the molecule is COc1ccc(C2NC(=O)NC(c3ccccc3)=C2[N+](=O)[O-])cc1OC. The van der Waals surface area contributed by atoms with Gasteiger partial charge in [0, 0.05) is 5.56 Å². The molecule has 2 aromatic rings. The van der Waals surface area contributed by atoms with Crippen LogP contribution >= 0.6 is 0 Å². The monoisotopic (exact) mass is 355 g/mol. The number of hydrogen-bond acceptors (Lipinski definition) is 5. The predicted molar refractivity (Wildman–Crippen MR) is 94.3 cm³/mol. The Morgan fingerprint density at radius 2 is 1.73 bits per heavy atom. The molecule has 2 amide bonds. The minimum Gasteiger partial charge on any atom is -0.493 e. The van der Waals surface area contributed by atoms with Crippen LogP contribution in [0.3, 0.4) is 0 Å². The van der Waals surface area contributed by atoms with Crippen LogP contribution in [0.1, 0.15) is 17.2 Å². The third-order valence-electron chi connectivity index (χ3n) is 4.04. The van der Waals surface area contributed by atoms with Gasteiger partial charge in [0.25, 0.3) is 5.70 Å². The van der Waals surface area contributed by atoms with E-state index in [4.69, 9.17) is 9.47 Å². The van der Waals surface area contributed by atoms with Gasteiger partial charge in [-0.3, -0.25) is 10.1 Å². The molecule has 1 aliphatic heterocycles. The molecule has 8 heteroatoms. The lowest BCUT2D eigenvalue weighted by atomic mass is 9.97. The number of hydrogen-bond donors (Lipinski definition) is 2. The molecule has 0 saturated heterocycles. The molecular weight excluding hydrogens is 338 g/mol. The maximum absolute atomic E-state index is 12.1. The molecule has 2 aromatic carbocycles. The minimum absolute atomic E-state index is 0.150. The molecule has 1 atom stereocenters. The number of rotatable bonds is 5. The molecule has 26 heavy (non-hydrogen) atoms. The topological polar surface area (TPSA) is 103 Å². The molecule has 0 radical (unpaired) electrons. The van der Waals surface area contributed by atoms with E-state index in [1.807, 2.05) is 0 Å². The summed E-state index contributed by atoms with van der Waals surface area (Å²) in [6.45, 7) is 0. The van der Waals surface area contributed by atoms with Crippen molar-refractivity contribution in [2.75, 3.05) is 14.2 Å². The van der Waals surface area contributed by atoms with Crippen molar-refractivity contribution in [3.63, 3.8) is 0 Å². The van der Waals surface area contributed by atoms with E-state index in [0.717, 1.165) is 0 Å². The van der Waals surface area contributed by atoms with Crippen LogP contribution in [0.4, 0.5) is 4.79 Å². The molecule has 0 aromatic heterocycles. The highest BCUT2D eigenvalue weighted by atomic mass is 16.6. The summed E-state index contributed by atoms with van der Waals surface area (Å²) in [5.74, 6) is 0.910. The summed E-state index contributed by atoms with van der Waals surface area (Å²) in [7, 11) is 2.97. The summed E-state index contributed by atoms with van der Waals surface area (Å²) < 4.78 is 10.5. The molecule has 8 nitrogen and oxygen atoms in total. The molecule has 2 N–H and O–H groups in total. The van der Waals surface area contributed by atoms with Crippen molar-refractivity contribution in [1.29, 1.82) is 0 Å². The fraction of sp³-hybridized carbons (Fsp3) is 0.167. The number of nitrogens with zero attached hydrogens (tertiary/aromatic N) is 1. The molecule has 1 heterocycles. The van der Waals surface area contributed by atoms with E-state index < -0.39 is 17.0 Å². The highest BCUT2D eigenvalue weighted by molar-refractivity contribution is 5.89. The smallest absolute Gasteiger partial charge is 0.320 e. The Kier molecular flexibility index (Phi) is 4.74. The fourth-order valence-electron chi connectivity index (χ4n) is 2.85. The number of ether oxygens (including phenoxy) is 2. The first-order valence-corrected chi connectivity index (χ1v) is 7.78. The van der Waals surface area contributed by atoms with E-state index in [0.29, 0.717) is 22.6 Å². The van der Waals surface area contributed by atoms with Crippen LogP contribution in [0.25, 0.3) is 5.70 Å². The number of benzene rings is 2. The number of nitro groups is 1. The first-order valence-electron chi connectivity index (χ1n) is 7.78. The Hall–Kier alpha value is -3.55. The van der Waals surface area contributed by atoms with E-state index in [2.05, 4.69) is 10.6 Å². The molecule has 1 unspecified atom stereocenters. The van der Waals surface area contributed by atoms with Gasteiger partial charge < -0.3 is 20.1 Å². The standard InChI is InChI=1S/C18H17N3O5/c1-25-13-9-8-12(10-14(13)26-2)16-17(21(23)24)15(19-18(22)20-16)11-6-4-3-5-7-11/h3-10,16H,1-2H3,(H2,19,20,22). The Balaban J connectivity index is 2.16. The maximum atomic E-state index is 12.1. The van der Waals surface area contributed by atoms with Crippen molar-refractivity contribution in [3.05, 3.63) is 75.5 Å².